The summed E-state index contributed by atoms with van der Waals surface area (Å²) in [6.07, 6.45) is 4.44. The summed E-state index contributed by atoms with van der Waals surface area (Å²) in [5, 5.41) is 12.0. The Labute approximate surface area is 204 Å². The van der Waals surface area contributed by atoms with Crippen LogP contribution in [0.2, 0.25) is 0 Å². The first-order valence-corrected chi connectivity index (χ1v) is 12.3. The SMILES string of the molecule is Cc1nc(COc2cccc(/C=C/C(=O)N3CCCN(Cc4ccc(C#N)cc4)CC3)c2)cs1. The van der Waals surface area contributed by atoms with E-state index in [1.54, 1.807) is 17.4 Å². The minimum Gasteiger partial charge on any atom is -0.487 e. The molecular weight excluding hydrogens is 444 g/mol. The van der Waals surface area contributed by atoms with E-state index in [4.69, 9.17) is 10.00 Å². The number of aromatic nitrogens is 1. The average Bonchev–Trinajstić information content (AvgIpc) is 3.14. The molecular formula is C27H28N4O2S. The van der Waals surface area contributed by atoms with Crippen molar-refractivity contribution in [2.24, 2.45) is 0 Å². The maximum absolute atomic E-state index is 12.8. The number of thiazole rings is 1. The van der Waals surface area contributed by atoms with Gasteiger partial charge in [-0.25, -0.2) is 4.98 Å². The number of nitriles is 1. The summed E-state index contributed by atoms with van der Waals surface area (Å²) >= 11 is 1.61. The fourth-order valence-electron chi connectivity index (χ4n) is 3.91. The summed E-state index contributed by atoms with van der Waals surface area (Å²) in [6, 6.07) is 17.6. The number of nitrogens with zero attached hydrogens (tertiary/aromatic N) is 4. The van der Waals surface area contributed by atoms with E-state index in [1.807, 2.05) is 71.8 Å². The van der Waals surface area contributed by atoms with E-state index in [-0.39, 0.29) is 5.91 Å². The second-order valence-corrected chi connectivity index (χ2v) is 9.38. The van der Waals surface area contributed by atoms with E-state index in [0.29, 0.717) is 18.7 Å². The maximum atomic E-state index is 12.8. The van der Waals surface area contributed by atoms with Crippen molar-refractivity contribution in [1.29, 1.82) is 5.26 Å². The van der Waals surface area contributed by atoms with Gasteiger partial charge in [0, 0.05) is 44.2 Å². The Morgan fingerprint density at radius 2 is 2.03 bits per heavy atom. The van der Waals surface area contributed by atoms with Crippen LogP contribution in [-0.2, 0) is 17.9 Å². The Kier molecular flexibility index (Phi) is 8.08. The summed E-state index contributed by atoms with van der Waals surface area (Å²) in [6.45, 7) is 6.48. The van der Waals surface area contributed by atoms with Crippen LogP contribution in [-0.4, -0.2) is 46.9 Å². The lowest BCUT2D eigenvalue weighted by atomic mass is 10.1. The fraction of sp³-hybridized carbons (Fsp3) is 0.296. The summed E-state index contributed by atoms with van der Waals surface area (Å²) in [5.41, 5.74) is 3.71. The van der Waals surface area contributed by atoms with Crippen molar-refractivity contribution in [2.75, 3.05) is 26.2 Å². The molecule has 0 radical (unpaired) electrons. The molecule has 1 aliphatic rings. The van der Waals surface area contributed by atoms with Gasteiger partial charge < -0.3 is 9.64 Å². The van der Waals surface area contributed by atoms with Gasteiger partial charge in [-0.05, 0) is 54.8 Å². The van der Waals surface area contributed by atoms with E-state index < -0.39 is 0 Å². The normalized spacial score (nSPS) is 14.6. The molecule has 0 bridgehead atoms. The third kappa shape index (κ3) is 6.77. The van der Waals surface area contributed by atoms with Crippen molar-refractivity contribution >= 4 is 23.3 Å². The lowest BCUT2D eigenvalue weighted by Gasteiger charge is -2.21. The third-order valence-electron chi connectivity index (χ3n) is 5.72. The molecule has 1 fully saturated rings. The van der Waals surface area contributed by atoms with Crippen LogP contribution in [0.25, 0.3) is 6.08 Å². The number of hydrogen-bond acceptors (Lipinski definition) is 6. The van der Waals surface area contributed by atoms with Crippen LogP contribution in [0.1, 0.15) is 33.8 Å². The van der Waals surface area contributed by atoms with E-state index >= 15 is 0 Å². The molecule has 4 rings (SSSR count). The van der Waals surface area contributed by atoms with Crippen molar-refractivity contribution in [2.45, 2.75) is 26.5 Å². The minimum absolute atomic E-state index is 0.0319. The predicted molar refractivity (Wildman–Crippen MR) is 134 cm³/mol. The predicted octanol–water partition coefficient (Wildman–Crippen LogP) is 4.65. The highest BCUT2D eigenvalue weighted by Crippen LogP contribution is 2.18. The zero-order chi connectivity index (χ0) is 23.8. The average molecular weight is 473 g/mol. The molecule has 2 heterocycles. The van der Waals surface area contributed by atoms with E-state index in [2.05, 4.69) is 16.0 Å². The van der Waals surface area contributed by atoms with Crippen molar-refractivity contribution in [3.05, 3.63) is 87.4 Å². The van der Waals surface area contributed by atoms with Gasteiger partial charge in [0.2, 0.25) is 5.91 Å². The number of hydrogen-bond donors (Lipinski definition) is 0. The van der Waals surface area contributed by atoms with E-state index in [1.165, 1.54) is 5.56 Å². The smallest absolute Gasteiger partial charge is 0.246 e. The highest BCUT2D eigenvalue weighted by atomic mass is 32.1. The lowest BCUT2D eigenvalue weighted by Crippen LogP contribution is -2.34. The molecule has 1 aliphatic heterocycles. The van der Waals surface area contributed by atoms with Gasteiger partial charge in [0.15, 0.2) is 0 Å². The molecule has 0 aliphatic carbocycles. The topological polar surface area (TPSA) is 69.5 Å². The second kappa shape index (κ2) is 11.6. The molecule has 2 aromatic carbocycles. The van der Waals surface area contributed by atoms with Crippen molar-refractivity contribution in [3.8, 4) is 11.8 Å². The zero-order valence-corrected chi connectivity index (χ0v) is 20.1. The van der Waals surface area contributed by atoms with Crippen LogP contribution in [0.3, 0.4) is 0 Å². The van der Waals surface area contributed by atoms with Gasteiger partial charge in [-0.1, -0.05) is 24.3 Å². The maximum Gasteiger partial charge on any atom is 0.246 e. The largest absolute Gasteiger partial charge is 0.487 e. The van der Waals surface area contributed by atoms with Crippen molar-refractivity contribution in [3.63, 3.8) is 0 Å². The van der Waals surface area contributed by atoms with Gasteiger partial charge in [0.05, 0.1) is 22.3 Å². The van der Waals surface area contributed by atoms with Gasteiger partial charge in [-0.2, -0.15) is 5.26 Å². The van der Waals surface area contributed by atoms with E-state index in [0.717, 1.165) is 54.6 Å². The highest BCUT2D eigenvalue weighted by Gasteiger charge is 2.17. The number of benzene rings is 2. The number of amides is 1. The van der Waals surface area contributed by atoms with Crippen LogP contribution in [0.15, 0.2) is 60.0 Å². The number of aryl methyl sites for hydroxylation is 1. The van der Waals surface area contributed by atoms with Crippen LogP contribution < -0.4 is 4.74 Å². The molecule has 0 unspecified atom stereocenters. The Balaban J connectivity index is 1.28. The quantitative estimate of drug-likeness (QED) is 0.468. The van der Waals surface area contributed by atoms with Gasteiger partial charge in [-0.15, -0.1) is 11.3 Å². The summed E-state index contributed by atoms with van der Waals surface area (Å²) < 4.78 is 5.85. The van der Waals surface area contributed by atoms with Gasteiger partial charge in [-0.3, -0.25) is 9.69 Å². The Morgan fingerprint density at radius 3 is 2.79 bits per heavy atom. The molecule has 0 saturated carbocycles. The van der Waals surface area contributed by atoms with Gasteiger partial charge in [0.1, 0.15) is 12.4 Å². The summed E-state index contributed by atoms with van der Waals surface area (Å²) in [4.78, 5) is 21.5. The summed E-state index contributed by atoms with van der Waals surface area (Å²) in [5.74, 6) is 0.790. The number of ether oxygens (including phenoxy) is 1. The second-order valence-electron chi connectivity index (χ2n) is 8.32. The van der Waals surface area contributed by atoms with Crippen molar-refractivity contribution in [1.82, 2.24) is 14.8 Å². The monoisotopic (exact) mass is 472 g/mol. The van der Waals surface area contributed by atoms with Crippen LogP contribution in [0.5, 0.6) is 5.75 Å². The molecule has 0 spiro atoms. The van der Waals surface area contributed by atoms with Gasteiger partial charge in [0.25, 0.3) is 0 Å². The number of carbonyl (C=O) groups excluding carboxylic acids is 1. The molecule has 174 valence electrons. The van der Waals surface area contributed by atoms with Crippen LogP contribution in [0.4, 0.5) is 0 Å². The first-order valence-electron chi connectivity index (χ1n) is 11.4. The van der Waals surface area contributed by atoms with E-state index in [9.17, 15) is 4.79 Å². The molecule has 6 nitrogen and oxygen atoms in total. The molecule has 1 saturated heterocycles. The Hall–Kier alpha value is -3.47. The standard InChI is InChI=1S/C27H28N4O2S/c1-21-29-25(20-34-21)19-33-26-5-2-4-22(16-26)10-11-27(32)31-13-3-12-30(14-15-31)18-24-8-6-23(17-28)7-9-24/h2,4-11,16,20H,3,12-15,18-19H2,1H3/b11-10+. The molecule has 1 aromatic heterocycles. The Morgan fingerprint density at radius 1 is 1.18 bits per heavy atom. The molecule has 7 heteroatoms. The summed E-state index contributed by atoms with van der Waals surface area (Å²) in [7, 11) is 0. The molecule has 0 atom stereocenters. The minimum atomic E-state index is 0.0319. The van der Waals surface area contributed by atoms with Crippen molar-refractivity contribution < 1.29 is 9.53 Å². The molecule has 1 amide bonds. The van der Waals surface area contributed by atoms with Crippen LogP contribution >= 0.6 is 11.3 Å². The Bertz CT molecular complexity index is 1180. The third-order valence-corrected chi connectivity index (χ3v) is 6.54. The first kappa shape index (κ1) is 23.7. The molecule has 0 N–H and O–H groups in total. The molecule has 3 aromatic rings. The lowest BCUT2D eigenvalue weighted by molar-refractivity contribution is -0.125. The first-order chi connectivity index (χ1) is 16.6. The van der Waals surface area contributed by atoms with Gasteiger partial charge >= 0.3 is 0 Å². The van der Waals surface area contributed by atoms with Crippen LogP contribution in [0, 0.1) is 18.3 Å². The molecule has 34 heavy (non-hydrogen) atoms. The number of carbonyl (C=O) groups is 1. The zero-order valence-electron chi connectivity index (χ0n) is 19.3. The highest BCUT2D eigenvalue weighted by molar-refractivity contribution is 7.09. The number of rotatable bonds is 7. The fourth-order valence-corrected chi connectivity index (χ4v) is 4.50.